The van der Waals surface area contributed by atoms with Crippen LogP contribution in [0, 0.1) is 0 Å². The summed E-state index contributed by atoms with van der Waals surface area (Å²) < 4.78 is 0. The fourth-order valence-electron chi connectivity index (χ4n) is 4.62. The van der Waals surface area contributed by atoms with Crippen molar-refractivity contribution in [3.8, 4) is 22.5 Å². The highest BCUT2D eigenvalue weighted by Crippen LogP contribution is 2.37. The highest BCUT2D eigenvalue weighted by atomic mass is 35.5. The van der Waals surface area contributed by atoms with Crippen LogP contribution >= 0.6 is 23.4 Å². The number of aromatic amines is 1. The monoisotopic (exact) mass is 560 g/mol. The van der Waals surface area contributed by atoms with Crippen LogP contribution in [-0.4, -0.2) is 59.0 Å². The van der Waals surface area contributed by atoms with E-state index in [2.05, 4.69) is 25.6 Å². The number of carbonyl (C=O) groups is 2. The predicted octanol–water partition coefficient (Wildman–Crippen LogP) is 5.55. The first kappa shape index (κ1) is 26.6. The molecule has 2 heterocycles. The molecule has 0 bridgehead atoms. The van der Waals surface area contributed by atoms with Gasteiger partial charge in [-0.1, -0.05) is 97.4 Å². The smallest absolute Gasteiger partial charge is 0.327 e. The predicted molar refractivity (Wildman–Crippen MR) is 152 cm³/mol. The number of aliphatic imine (C=N–C) groups is 1. The molecule has 4 aromatic rings. The second kappa shape index (κ2) is 11.8. The number of thioether (sulfide) groups is 1. The standard InChI is InChI=1S/C28H25ClN6O3S/c1-2-7-23-24(27(37)38)35(28(39-23)30-26(36)21-10-5-6-11-22(21)29)16-17-12-14-18(15-13-17)19-8-3-4-9-20(19)25-31-33-34-32-25/h3-6,8-15,23-24H,2,7,16H2,1H3,(H,37,38)(H,31,32,33,34). The van der Waals surface area contributed by atoms with Gasteiger partial charge in [-0.15, -0.1) is 5.10 Å². The van der Waals surface area contributed by atoms with Crippen molar-refractivity contribution in [2.75, 3.05) is 0 Å². The SMILES string of the molecule is CCCC1SC(=NC(=O)c2ccccc2Cl)N(Cc2ccc(-c3ccccc3-c3nnn[nH]3)cc2)C1C(=O)O. The van der Waals surface area contributed by atoms with Crippen LogP contribution in [0.25, 0.3) is 22.5 Å². The summed E-state index contributed by atoms with van der Waals surface area (Å²) in [6.45, 7) is 2.30. The molecule has 1 aromatic heterocycles. The number of amidine groups is 1. The van der Waals surface area contributed by atoms with Crippen LogP contribution < -0.4 is 0 Å². The van der Waals surface area contributed by atoms with Gasteiger partial charge in [-0.25, -0.2) is 9.89 Å². The molecule has 2 atom stereocenters. The van der Waals surface area contributed by atoms with E-state index < -0.39 is 17.9 Å². The maximum Gasteiger partial charge on any atom is 0.327 e. The first-order valence-corrected chi connectivity index (χ1v) is 13.7. The Morgan fingerprint density at radius 3 is 2.44 bits per heavy atom. The second-order valence-electron chi connectivity index (χ2n) is 9.03. The largest absolute Gasteiger partial charge is 0.480 e. The minimum atomic E-state index is -0.942. The van der Waals surface area contributed by atoms with Crippen molar-refractivity contribution >= 4 is 40.4 Å². The molecule has 198 valence electrons. The first-order chi connectivity index (χ1) is 19.0. The van der Waals surface area contributed by atoms with Gasteiger partial charge < -0.3 is 10.0 Å². The normalized spacial score (nSPS) is 18.0. The van der Waals surface area contributed by atoms with Crippen molar-refractivity contribution < 1.29 is 14.7 Å². The van der Waals surface area contributed by atoms with Gasteiger partial charge in [0.1, 0.15) is 6.04 Å². The number of benzene rings is 3. The molecule has 5 rings (SSSR count). The molecule has 1 aliphatic heterocycles. The van der Waals surface area contributed by atoms with E-state index in [1.54, 1.807) is 29.2 Å². The van der Waals surface area contributed by atoms with Crippen LogP contribution in [0.5, 0.6) is 0 Å². The number of hydrogen-bond acceptors (Lipinski definition) is 6. The van der Waals surface area contributed by atoms with Crippen LogP contribution in [0.4, 0.5) is 0 Å². The molecule has 0 saturated carbocycles. The number of aliphatic carboxylic acids is 1. The fourth-order valence-corrected chi connectivity index (χ4v) is 6.30. The number of hydrogen-bond donors (Lipinski definition) is 2. The lowest BCUT2D eigenvalue weighted by Gasteiger charge is -2.25. The van der Waals surface area contributed by atoms with E-state index in [-0.39, 0.29) is 17.4 Å². The van der Waals surface area contributed by atoms with Gasteiger partial charge in [-0.2, -0.15) is 4.99 Å². The van der Waals surface area contributed by atoms with Gasteiger partial charge in [0, 0.05) is 17.4 Å². The van der Waals surface area contributed by atoms with Crippen molar-refractivity contribution in [2.45, 2.75) is 37.6 Å². The molecule has 2 unspecified atom stereocenters. The number of aromatic nitrogens is 4. The molecule has 9 nitrogen and oxygen atoms in total. The van der Waals surface area contributed by atoms with Crippen molar-refractivity contribution in [1.82, 2.24) is 25.5 Å². The molecule has 0 spiro atoms. The molecule has 11 heteroatoms. The summed E-state index contributed by atoms with van der Waals surface area (Å²) in [5, 5.41) is 24.8. The van der Waals surface area contributed by atoms with Gasteiger partial charge in [0.2, 0.25) is 0 Å². The summed E-state index contributed by atoms with van der Waals surface area (Å²) in [7, 11) is 0. The van der Waals surface area contributed by atoms with E-state index in [0.717, 1.165) is 28.7 Å². The molecule has 1 saturated heterocycles. The number of amides is 1. The Balaban J connectivity index is 1.45. The van der Waals surface area contributed by atoms with Gasteiger partial charge in [0.25, 0.3) is 5.91 Å². The quantitative estimate of drug-likeness (QED) is 0.287. The van der Waals surface area contributed by atoms with E-state index in [9.17, 15) is 14.7 Å². The van der Waals surface area contributed by atoms with Crippen LogP contribution in [0.15, 0.2) is 77.8 Å². The highest BCUT2D eigenvalue weighted by molar-refractivity contribution is 8.14. The van der Waals surface area contributed by atoms with Gasteiger partial charge in [-0.05, 0) is 45.7 Å². The molecule has 1 aliphatic rings. The van der Waals surface area contributed by atoms with E-state index in [1.165, 1.54) is 11.8 Å². The van der Waals surface area contributed by atoms with E-state index in [0.29, 0.717) is 22.4 Å². The Morgan fingerprint density at radius 1 is 1.05 bits per heavy atom. The fraction of sp³-hybridized carbons (Fsp3) is 0.214. The number of carbonyl (C=O) groups excluding carboxylic acids is 1. The first-order valence-electron chi connectivity index (χ1n) is 12.4. The summed E-state index contributed by atoms with van der Waals surface area (Å²) in [6, 6.07) is 21.6. The zero-order valence-electron chi connectivity index (χ0n) is 21.0. The van der Waals surface area contributed by atoms with Crippen LogP contribution in [0.3, 0.4) is 0 Å². The molecule has 1 amide bonds. The Labute approximate surface area is 234 Å². The Hall–Kier alpha value is -4.02. The van der Waals surface area contributed by atoms with Crippen molar-refractivity contribution in [2.24, 2.45) is 4.99 Å². The highest BCUT2D eigenvalue weighted by Gasteiger charge is 2.43. The minimum absolute atomic E-state index is 0.230. The van der Waals surface area contributed by atoms with E-state index in [1.807, 2.05) is 55.5 Å². The third-order valence-corrected chi connectivity index (χ3v) is 8.13. The van der Waals surface area contributed by atoms with Gasteiger partial charge >= 0.3 is 5.97 Å². The molecule has 2 N–H and O–H groups in total. The maximum absolute atomic E-state index is 13.0. The number of carboxylic acids is 1. The number of rotatable bonds is 8. The summed E-state index contributed by atoms with van der Waals surface area (Å²) in [5.74, 6) is -0.870. The van der Waals surface area contributed by atoms with Crippen molar-refractivity contribution in [1.29, 1.82) is 0 Å². The topological polar surface area (TPSA) is 124 Å². The van der Waals surface area contributed by atoms with E-state index in [4.69, 9.17) is 11.6 Å². The number of nitrogens with zero attached hydrogens (tertiary/aromatic N) is 5. The molecule has 0 radical (unpaired) electrons. The lowest BCUT2D eigenvalue weighted by molar-refractivity contribution is -0.141. The summed E-state index contributed by atoms with van der Waals surface area (Å²) in [6.07, 6.45) is 1.50. The van der Waals surface area contributed by atoms with Crippen molar-refractivity contribution in [3.63, 3.8) is 0 Å². The van der Waals surface area contributed by atoms with Crippen LogP contribution in [0.2, 0.25) is 5.02 Å². The Morgan fingerprint density at radius 2 is 1.77 bits per heavy atom. The zero-order chi connectivity index (χ0) is 27.4. The van der Waals surface area contributed by atoms with Gasteiger partial charge in [0.05, 0.1) is 10.6 Å². The summed E-state index contributed by atoms with van der Waals surface area (Å²) in [4.78, 5) is 31.5. The number of nitrogens with one attached hydrogen (secondary N) is 1. The molecule has 39 heavy (non-hydrogen) atoms. The third kappa shape index (κ3) is 5.71. The maximum atomic E-state index is 13.0. The molecule has 0 aliphatic carbocycles. The molecule has 1 fully saturated rings. The average Bonchev–Trinajstić information content (AvgIpc) is 3.58. The van der Waals surface area contributed by atoms with Gasteiger partial charge in [0.15, 0.2) is 11.0 Å². The lowest BCUT2D eigenvalue weighted by Crippen LogP contribution is -2.42. The minimum Gasteiger partial charge on any atom is -0.480 e. The molecule has 3 aromatic carbocycles. The number of tetrazole rings is 1. The number of halogens is 1. The average molecular weight is 561 g/mol. The Bertz CT molecular complexity index is 1510. The van der Waals surface area contributed by atoms with E-state index >= 15 is 0 Å². The van der Waals surface area contributed by atoms with Crippen molar-refractivity contribution in [3.05, 3.63) is 88.9 Å². The summed E-state index contributed by atoms with van der Waals surface area (Å²) >= 11 is 7.56. The third-order valence-electron chi connectivity index (χ3n) is 6.46. The summed E-state index contributed by atoms with van der Waals surface area (Å²) in [5.41, 5.74) is 3.95. The zero-order valence-corrected chi connectivity index (χ0v) is 22.6. The number of H-pyrrole nitrogens is 1. The van der Waals surface area contributed by atoms with Crippen LogP contribution in [0.1, 0.15) is 35.7 Å². The molecular weight excluding hydrogens is 536 g/mol. The lowest BCUT2D eigenvalue weighted by atomic mass is 9.98. The number of carboxylic acid groups (broad SMARTS) is 1. The second-order valence-corrected chi connectivity index (χ2v) is 10.6. The molecular formula is C28H25ClN6O3S. The van der Waals surface area contributed by atoms with Crippen LogP contribution in [-0.2, 0) is 11.3 Å². The Kier molecular flexibility index (Phi) is 8.04. The van der Waals surface area contributed by atoms with Gasteiger partial charge in [-0.3, -0.25) is 4.79 Å².